The number of halogens is 1. The van der Waals surface area contributed by atoms with E-state index in [1.807, 2.05) is 26.0 Å². The third kappa shape index (κ3) is 4.29. The van der Waals surface area contributed by atoms with Crippen LogP contribution in [-0.2, 0) is 9.59 Å². The van der Waals surface area contributed by atoms with Crippen LogP contribution in [0.4, 0.5) is 5.69 Å². The van der Waals surface area contributed by atoms with Gasteiger partial charge in [-0.05, 0) is 78.4 Å². The highest BCUT2D eigenvalue weighted by Gasteiger charge is 2.45. The monoisotopic (exact) mass is 506 g/mol. The molecule has 0 aliphatic carbocycles. The number of carbonyl (C=O) groups excluding carboxylic acids is 3. The summed E-state index contributed by atoms with van der Waals surface area (Å²) >= 11 is 2.17. The maximum absolute atomic E-state index is 13.3. The Morgan fingerprint density at radius 1 is 1.24 bits per heavy atom. The van der Waals surface area contributed by atoms with Crippen molar-refractivity contribution in [2.45, 2.75) is 38.8 Å². The maximum atomic E-state index is 13.3. The highest BCUT2D eigenvalue weighted by atomic mass is 127. The van der Waals surface area contributed by atoms with Crippen LogP contribution in [0.5, 0.6) is 5.75 Å². The molecular formula is C22H23IN2O4. The summed E-state index contributed by atoms with van der Waals surface area (Å²) in [7, 11) is 1.54. The number of amides is 3. The minimum Gasteiger partial charge on any atom is -0.497 e. The molecular weight excluding hydrogens is 483 g/mol. The average Bonchev–Trinajstić information content (AvgIpc) is 3.02. The van der Waals surface area contributed by atoms with Gasteiger partial charge in [-0.2, -0.15) is 0 Å². The molecule has 2 unspecified atom stereocenters. The first-order valence-electron chi connectivity index (χ1n) is 9.46. The summed E-state index contributed by atoms with van der Waals surface area (Å²) in [6, 6.07) is 13.0. The largest absolute Gasteiger partial charge is 0.497 e. The molecule has 6 nitrogen and oxygen atoms in total. The summed E-state index contributed by atoms with van der Waals surface area (Å²) < 4.78 is 6.23. The fraction of sp³-hybridized carbons (Fsp3) is 0.318. The summed E-state index contributed by atoms with van der Waals surface area (Å²) in [5.74, 6) is -0.385. The third-order valence-electron chi connectivity index (χ3n) is 5.16. The molecule has 0 saturated carbocycles. The molecule has 0 radical (unpaired) electrons. The number of nitrogens with zero attached hydrogens (tertiary/aromatic N) is 2. The van der Waals surface area contributed by atoms with Gasteiger partial charge in [0.2, 0.25) is 5.91 Å². The molecule has 0 bridgehead atoms. The molecule has 0 spiro atoms. The van der Waals surface area contributed by atoms with Gasteiger partial charge in [0.25, 0.3) is 11.8 Å². The molecule has 2 atom stereocenters. The summed E-state index contributed by atoms with van der Waals surface area (Å²) in [4.78, 5) is 42.0. The van der Waals surface area contributed by atoms with E-state index in [2.05, 4.69) is 22.6 Å². The second-order valence-electron chi connectivity index (χ2n) is 6.97. The van der Waals surface area contributed by atoms with E-state index in [4.69, 9.17) is 4.74 Å². The molecule has 1 fully saturated rings. The number of ether oxygens (including phenoxy) is 1. The minimum atomic E-state index is -0.824. The van der Waals surface area contributed by atoms with Crippen molar-refractivity contribution in [3.8, 4) is 5.75 Å². The van der Waals surface area contributed by atoms with Crippen molar-refractivity contribution < 1.29 is 19.1 Å². The minimum absolute atomic E-state index is 0.0229. The van der Waals surface area contributed by atoms with Crippen LogP contribution in [-0.4, -0.2) is 41.8 Å². The van der Waals surface area contributed by atoms with Crippen LogP contribution in [0.15, 0.2) is 48.5 Å². The molecule has 152 valence electrons. The van der Waals surface area contributed by atoms with Crippen molar-refractivity contribution in [2.75, 3.05) is 12.0 Å². The zero-order valence-corrected chi connectivity index (χ0v) is 18.8. The van der Waals surface area contributed by atoms with Gasteiger partial charge in [0.15, 0.2) is 0 Å². The molecule has 3 amide bonds. The molecule has 1 saturated heterocycles. The lowest BCUT2D eigenvalue weighted by molar-refractivity contribution is -0.122. The van der Waals surface area contributed by atoms with Gasteiger partial charge in [0.05, 0.1) is 19.2 Å². The van der Waals surface area contributed by atoms with E-state index >= 15 is 0 Å². The molecule has 29 heavy (non-hydrogen) atoms. The predicted octanol–water partition coefficient (Wildman–Crippen LogP) is 3.87. The van der Waals surface area contributed by atoms with Gasteiger partial charge >= 0.3 is 0 Å². The van der Waals surface area contributed by atoms with E-state index in [-0.39, 0.29) is 30.2 Å². The second kappa shape index (κ2) is 8.94. The Morgan fingerprint density at radius 2 is 1.93 bits per heavy atom. The second-order valence-corrected chi connectivity index (χ2v) is 8.21. The highest BCUT2D eigenvalue weighted by molar-refractivity contribution is 14.1. The van der Waals surface area contributed by atoms with E-state index in [1.165, 1.54) is 12.0 Å². The van der Waals surface area contributed by atoms with Crippen molar-refractivity contribution >= 4 is 46.0 Å². The fourth-order valence-electron chi connectivity index (χ4n) is 3.45. The zero-order valence-electron chi connectivity index (χ0n) is 16.6. The van der Waals surface area contributed by atoms with Crippen molar-refractivity contribution in [3.05, 3.63) is 57.7 Å². The number of benzene rings is 2. The molecule has 0 N–H and O–H groups in total. The Hall–Kier alpha value is -2.42. The average molecular weight is 506 g/mol. The van der Waals surface area contributed by atoms with Gasteiger partial charge in [-0.25, -0.2) is 4.90 Å². The van der Waals surface area contributed by atoms with Gasteiger partial charge in [0, 0.05) is 15.2 Å². The molecule has 1 aliphatic rings. The topological polar surface area (TPSA) is 66.9 Å². The fourth-order valence-corrected chi connectivity index (χ4v) is 3.80. The first kappa shape index (κ1) is 21.3. The first-order valence-corrected chi connectivity index (χ1v) is 10.5. The van der Waals surface area contributed by atoms with Crippen LogP contribution >= 0.6 is 22.6 Å². The number of carbonyl (C=O) groups is 3. The number of anilines is 1. The maximum Gasteiger partial charge on any atom is 0.257 e. The predicted molar refractivity (Wildman–Crippen MR) is 119 cm³/mol. The SMILES string of the molecule is CCC(C)N(C(=O)c1cccc(OC)c1)C1CC(=O)N(c2ccc(I)cc2)C1=O. The summed E-state index contributed by atoms with van der Waals surface area (Å²) in [6.07, 6.45) is 0.641. The van der Waals surface area contributed by atoms with Gasteiger partial charge in [-0.3, -0.25) is 14.4 Å². The van der Waals surface area contributed by atoms with E-state index in [1.54, 1.807) is 41.3 Å². The summed E-state index contributed by atoms with van der Waals surface area (Å²) in [5, 5.41) is 0. The molecule has 2 aromatic carbocycles. The lowest BCUT2D eigenvalue weighted by atomic mass is 10.1. The van der Waals surface area contributed by atoms with E-state index < -0.39 is 6.04 Å². The zero-order chi connectivity index (χ0) is 21.1. The van der Waals surface area contributed by atoms with Gasteiger partial charge in [-0.15, -0.1) is 0 Å². The quantitative estimate of drug-likeness (QED) is 0.441. The standard InChI is InChI=1S/C22H23IN2O4/c1-4-14(2)24(21(27)15-6-5-7-18(12-15)29-3)19-13-20(26)25(22(19)28)17-10-8-16(23)9-11-17/h5-12,14,19H,4,13H2,1-3H3. The van der Waals surface area contributed by atoms with Crippen molar-refractivity contribution in [1.82, 2.24) is 4.90 Å². The van der Waals surface area contributed by atoms with Crippen LogP contribution in [0.1, 0.15) is 37.0 Å². The van der Waals surface area contributed by atoms with Crippen LogP contribution < -0.4 is 9.64 Å². The molecule has 1 aliphatic heterocycles. The number of imide groups is 1. The summed E-state index contributed by atoms with van der Waals surface area (Å²) in [6.45, 7) is 3.85. The molecule has 1 heterocycles. The molecule has 2 aromatic rings. The van der Waals surface area contributed by atoms with Gasteiger partial charge in [-0.1, -0.05) is 13.0 Å². The number of hydrogen-bond acceptors (Lipinski definition) is 4. The van der Waals surface area contributed by atoms with E-state index in [0.29, 0.717) is 23.4 Å². The van der Waals surface area contributed by atoms with E-state index in [9.17, 15) is 14.4 Å². The third-order valence-corrected chi connectivity index (χ3v) is 5.88. The lowest BCUT2D eigenvalue weighted by Crippen LogP contribution is -2.49. The Balaban J connectivity index is 1.94. The van der Waals surface area contributed by atoms with Crippen molar-refractivity contribution in [1.29, 1.82) is 0 Å². The Labute approximate surface area is 184 Å². The summed E-state index contributed by atoms with van der Waals surface area (Å²) in [5.41, 5.74) is 0.957. The Morgan fingerprint density at radius 3 is 2.55 bits per heavy atom. The molecule has 0 aromatic heterocycles. The van der Waals surface area contributed by atoms with Crippen molar-refractivity contribution in [3.63, 3.8) is 0 Å². The molecule has 3 rings (SSSR count). The Bertz CT molecular complexity index is 929. The van der Waals surface area contributed by atoms with Crippen LogP contribution in [0.3, 0.4) is 0 Å². The number of methoxy groups -OCH3 is 1. The first-order chi connectivity index (χ1) is 13.9. The smallest absolute Gasteiger partial charge is 0.257 e. The van der Waals surface area contributed by atoms with E-state index in [0.717, 1.165) is 3.57 Å². The molecule has 7 heteroatoms. The highest BCUT2D eigenvalue weighted by Crippen LogP contribution is 2.29. The normalized spacial score (nSPS) is 17.4. The van der Waals surface area contributed by atoms with Crippen LogP contribution in [0.2, 0.25) is 0 Å². The Kier molecular flexibility index (Phi) is 6.56. The van der Waals surface area contributed by atoms with Crippen LogP contribution in [0, 0.1) is 3.57 Å². The number of rotatable bonds is 6. The van der Waals surface area contributed by atoms with Gasteiger partial charge < -0.3 is 9.64 Å². The van der Waals surface area contributed by atoms with Gasteiger partial charge in [0.1, 0.15) is 11.8 Å². The number of hydrogen-bond donors (Lipinski definition) is 0. The lowest BCUT2D eigenvalue weighted by Gasteiger charge is -2.33. The van der Waals surface area contributed by atoms with Crippen molar-refractivity contribution in [2.24, 2.45) is 0 Å². The van der Waals surface area contributed by atoms with Crippen LogP contribution in [0.25, 0.3) is 0 Å².